The minimum absolute atomic E-state index is 0. The Hall–Kier alpha value is 0.137. The van der Waals surface area contributed by atoms with Crippen molar-refractivity contribution in [1.82, 2.24) is 0 Å². The molecule has 0 aromatic heterocycles. The van der Waals surface area contributed by atoms with Gasteiger partial charge in [-0.15, -0.1) is 0 Å². The van der Waals surface area contributed by atoms with Crippen LogP contribution in [0.1, 0.15) is 26.7 Å². The van der Waals surface area contributed by atoms with Crippen LogP contribution in [0, 0.1) is 0 Å². The Kier molecular flexibility index (Phi) is 4.94. The Morgan fingerprint density at radius 1 is 1.50 bits per heavy atom. The van der Waals surface area contributed by atoms with E-state index in [1.807, 2.05) is 6.92 Å². The van der Waals surface area contributed by atoms with E-state index in [-0.39, 0.29) is 17.3 Å². The van der Waals surface area contributed by atoms with Gasteiger partial charge >= 0.3 is 0 Å². The maximum atomic E-state index is 5.38. The molecule has 0 spiro atoms. The molecule has 1 aliphatic heterocycles. The highest BCUT2D eigenvalue weighted by molar-refractivity contribution is 5.75. The lowest BCUT2D eigenvalue weighted by atomic mass is 10.3. The molecule has 1 fully saturated rings. The average molecular weight is 162 g/mol. The van der Waals surface area contributed by atoms with Gasteiger partial charge in [0.2, 0.25) is 0 Å². The zero-order valence-electron chi connectivity index (χ0n) is 6.09. The van der Waals surface area contributed by atoms with Gasteiger partial charge in [-0.3, -0.25) is 0 Å². The number of ether oxygens (including phenoxy) is 2. The summed E-state index contributed by atoms with van der Waals surface area (Å²) >= 11 is 0. The van der Waals surface area contributed by atoms with Crippen LogP contribution in [-0.4, -0.2) is 30.0 Å². The van der Waals surface area contributed by atoms with Crippen LogP contribution < -0.4 is 0 Å². The third-order valence-corrected chi connectivity index (χ3v) is 1.55. The first-order chi connectivity index (χ1) is 4.33. The minimum Gasteiger partial charge on any atom is -0.353 e. The number of hydrogen-bond acceptors (Lipinski definition) is 2. The summed E-state index contributed by atoms with van der Waals surface area (Å²) in [6, 6.07) is 0. The highest BCUT2D eigenvalue weighted by atomic mass is 28.1. The fourth-order valence-electron chi connectivity index (χ4n) is 1.07. The van der Waals surface area contributed by atoms with E-state index in [4.69, 9.17) is 9.47 Å². The predicted molar refractivity (Wildman–Crippen MR) is 46.5 cm³/mol. The Labute approximate surface area is 66.9 Å². The van der Waals surface area contributed by atoms with Crippen molar-refractivity contribution in [3.8, 4) is 0 Å². The van der Waals surface area contributed by atoms with Crippen LogP contribution >= 0.6 is 0 Å². The molecule has 0 amide bonds. The molecule has 0 saturated carbocycles. The van der Waals surface area contributed by atoms with Gasteiger partial charge in [-0.2, -0.15) is 0 Å². The van der Waals surface area contributed by atoms with Gasteiger partial charge in [0, 0.05) is 13.0 Å². The molecule has 0 aromatic carbocycles. The molecule has 1 aliphatic rings. The van der Waals surface area contributed by atoms with Crippen LogP contribution in [0.15, 0.2) is 0 Å². The molecular formula is C7H18O2Si. The lowest BCUT2D eigenvalue weighted by Gasteiger charge is -2.09. The second-order valence-corrected chi connectivity index (χ2v) is 2.41. The molecule has 2 atom stereocenters. The summed E-state index contributed by atoms with van der Waals surface area (Å²) in [4.78, 5) is 0. The van der Waals surface area contributed by atoms with Gasteiger partial charge in [0.15, 0.2) is 6.29 Å². The Bertz CT molecular complexity index is 85.7. The van der Waals surface area contributed by atoms with Gasteiger partial charge in [-0.05, 0) is 31.2 Å². The molecule has 0 N–H and O–H groups in total. The van der Waals surface area contributed by atoms with Crippen molar-refractivity contribution < 1.29 is 9.47 Å². The van der Waals surface area contributed by atoms with Gasteiger partial charge in [0.1, 0.15) is 0 Å². The Morgan fingerprint density at radius 2 is 2.20 bits per heavy atom. The summed E-state index contributed by atoms with van der Waals surface area (Å²) in [5.41, 5.74) is 0. The first-order valence-electron chi connectivity index (χ1n) is 3.60. The molecule has 0 bridgehead atoms. The van der Waals surface area contributed by atoms with E-state index in [9.17, 15) is 0 Å². The lowest BCUT2D eigenvalue weighted by Crippen LogP contribution is -2.11. The smallest absolute Gasteiger partial charge is 0.158 e. The predicted octanol–water partition coefficient (Wildman–Crippen LogP) is 0.0963. The first-order valence-corrected chi connectivity index (χ1v) is 3.60. The molecular weight excluding hydrogens is 144 g/mol. The quantitative estimate of drug-likeness (QED) is 0.536. The second kappa shape index (κ2) is 4.88. The number of hydrogen-bond donors (Lipinski definition) is 0. The van der Waals surface area contributed by atoms with Crippen molar-refractivity contribution in [2.45, 2.75) is 39.1 Å². The molecule has 1 saturated heterocycles. The third kappa shape index (κ3) is 2.81. The van der Waals surface area contributed by atoms with E-state index in [0.29, 0.717) is 6.10 Å². The van der Waals surface area contributed by atoms with Crippen molar-refractivity contribution in [2.24, 2.45) is 0 Å². The fourth-order valence-corrected chi connectivity index (χ4v) is 1.07. The highest BCUT2D eigenvalue weighted by Gasteiger charge is 2.20. The molecule has 2 nitrogen and oxygen atoms in total. The molecule has 62 valence electrons. The molecule has 0 radical (unpaired) electrons. The van der Waals surface area contributed by atoms with E-state index in [0.717, 1.165) is 19.4 Å². The van der Waals surface area contributed by atoms with Crippen molar-refractivity contribution in [2.75, 3.05) is 6.61 Å². The molecule has 3 heteroatoms. The minimum atomic E-state index is 0. The van der Waals surface area contributed by atoms with E-state index < -0.39 is 0 Å². The monoisotopic (exact) mass is 162 g/mol. The summed E-state index contributed by atoms with van der Waals surface area (Å²) in [7, 11) is 0. The first kappa shape index (κ1) is 10.1. The maximum absolute atomic E-state index is 5.38. The molecule has 10 heavy (non-hydrogen) atoms. The molecule has 0 aromatic rings. The summed E-state index contributed by atoms with van der Waals surface area (Å²) < 4.78 is 10.6. The van der Waals surface area contributed by atoms with Crippen LogP contribution in [-0.2, 0) is 9.47 Å². The average Bonchev–Trinajstić information content (AvgIpc) is 2.17. The highest BCUT2D eigenvalue weighted by Crippen LogP contribution is 2.19. The zero-order chi connectivity index (χ0) is 6.69. The molecule has 1 heterocycles. The van der Waals surface area contributed by atoms with Crippen LogP contribution in [0.25, 0.3) is 0 Å². The van der Waals surface area contributed by atoms with Crippen LogP contribution in [0.5, 0.6) is 0 Å². The Balaban J connectivity index is 0.000000810. The standard InChI is InChI=1S/C7H14O2.H4Si/c1-3-8-7-5-4-6(2)9-7;/h6-7H,3-5H2,1-2H3;1H4. The fraction of sp³-hybridized carbons (Fsp3) is 1.00. The van der Waals surface area contributed by atoms with Crippen molar-refractivity contribution in [3.63, 3.8) is 0 Å². The second-order valence-electron chi connectivity index (χ2n) is 2.41. The summed E-state index contributed by atoms with van der Waals surface area (Å²) in [6.45, 7) is 4.84. The SMILES string of the molecule is CCOC1CCC(C)O1.[SiH4]. The molecule has 0 aliphatic carbocycles. The maximum Gasteiger partial charge on any atom is 0.158 e. The molecule has 2 unspecified atom stereocenters. The summed E-state index contributed by atoms with van der Waals surface area (Å²) in [6.07, 6.45) is 2.70. The lowest BCUT2D eigenvalue weighted by molar-refractivity contribution is -0.126. The summed E-state index contributed by atoms with van der Waals surface area (Å²) in [5.74, 6) is 0. The third-order valence-electron chi connectivity index (χ3n) is 1.55. The van der Waals surface area contributed by atoms with Gasteiger partial charge in [-0.1, -0.05) is 0 Å². The van der Waals surface area contributed by atoms with E-state index >= 15 is 0 Å². The topological polar surface area (TPSA) is 18.5 Å². The number of rotatable bonds is 2. The van der Waals surface area contributed by atoms with E-state index in [1.165, 1.54) is 0 Å². The normalized spacial score (nSPS) is 31.8. The van der Waals surface area contributed by atoms with Gasteiger partial charge < -0.3 is 9.47 Å². The van der Waals surface area contributed by atoms with Crippen molar-refractivity contribution in [1.29, 1.82) is 0 Å². The van der Waals surface area contributed by atoms with Crippen LogP contribution in [0.2, 0.25) is 0 Å². The van der Waals surface area contributed by atoms with Crippen molar-refractivity contribution >= 4 is 11.0 Å². The van der Waals surface area contributed by atoms with Crippen molar-refractivity contribution in [3.05, 3.63) is 0 Å². The summed E-state index contributed by atoms with van der Waals surface area (Å²) in [5, 5.41) is 0. The van der Waals surface area contributed by atoms with E-state index in [1.54, 1.807) is 0 Å². The van der Waals surface area contributed by atoms with Gasteiger partial charge in [-0.25, -0.2) is 0 Å². The van der Waals surface area contributed by atoms with E-state index in [2.05, 4.69) is 6.92 Å². The van der Waals surface area contributed by atoms with Gasteiger partial charge in [0.05, 0.1) is 6.10 Å². The molecule has 1 rings (SSSR count). The zero-order valence-corrected chi connectivity index (χ0v) is 6.09. The van der Waals surface area contributed by atoms with Gasteiger partial charge in [0.25, 0.3) is 0 Å². The van der Waals surface area contributed by atoms with Crippen LogP contribution in [0.4, 0.5) is 0 Å². The van der Waals surface area contributed by atoms with Crippen LogP contribution in [0.3, 0.4) is 0 Å². The Morgan fingerprint density at radius 3 is 2.60 bits per heavy atom. The largest absolute Gasteiger partial charge is 0.353 e.